The average molecular weight is 496 g/mol. The zero-order chi connectivity index (χ0) is 24.4. The first-order valence-electron chi connectivity index (χ1n) is 11.8. The smallest absolute Gasteiger partial charge is 0.233 e. The lowest BCUT2D eigenvalue weighted by Crippen LogP contribution is -2.33. The summed E-state index contributed by atoms with van der Waals surface area (Å²) < 4.78 is 5.54. The second-order valence-electron chi connectivity index (χ2n) is 8.82. The van der Waals surface area contributed by atoms with Gasteiger partial charge < -0.3 is 9.47 Å². The van der Waals surface area contributed by atoms with Crippen LogP contribution >= 0.6 is 23.1 Å². The summed E-state index contributed by atoms with van der Waals surface area (Å²) in [4.78, 5) is 14.9. The number of hydrogen-bond donors (Lipinski definition) is 0. The fraction of sp³-hybridized carbons (Fsp3) is 0.423. The lowest BCUT2D eigenvalue weighted by atomic mass is 10.0. The van der Waals surface area contributed by atoms with E-state index in [1.165, 1.54) is 38.7 Å². The van der Waals surface area contributed by atoms with Gasteiger partial charge in [-0.15, -0.1) is 21.5 Å². The van der Waals surface area contributed by atoms with Gasteiger partial charge in [0.15, 0.2) is 11.0 Å². The van der Waals surface area contributed by atoms with Crippen LogP contribution in [0.1, 0.15) is 43.4 Å². The SMILES string of the molecule is CCCN(CCC)C(=O)CSc1nnc(-c2cc3sccc3n2C)n1-c1c(C)cc(C)cc1C. The number of benzene rings is 1. The number of rotatable bonds is 9. The van der Waals surface area contributed by atoms with E-state index in [0.29, 0.717) is 5.75 Å². The molecule has 0 radical (unpaired) electrons. The van der Waals surface area contributed by atoms with Crippen LogP contribution in [0.2, 0.25) is 0 Å². The summed E-state index contributed by atoms with van der Waals surface area (Å²) in [5.41, 5.74) is 6.86. The molecule has 4 rings (SSSR count). The molecule has 0 saturated carbocycles. The second kappa shape index (κ2) is 10.4. The zero-order valence-electron chi connectivity index (χ0n) is 20.9. The maximum atomic E-state index is 13.0. The monoisotopic (exact) mass is 495 g/mol. The maximum absolute atomic E-state index is 13.0. The molecule has 0 aliphatic carbocycles. The zero-order valence-corrected chi connectivity index (χ0v) is 22.5. The van der Waals surface area contributed by atoms with E-state index >= 15 is 0 Å². The largest absolute Gasteiger partial charge is 0.342 e. The predicted octanol–water partition coefficient (Wildman–Crippen LogP) is 6.15. The highest BCUT2D eigenvalue weighted by Crippen LogP contribution is 2.35. The van der Waals surface area contributed by atoms with Gasteiger partial charge in [0.05, 0.1) is 27.4 Å². The van der Waals surface area contributed by atoms with Gasteiger partial charge in [0, 0.05) is 20.1 Å². The van der Waals surface area contributed by atoms with Crippen LogP contribution in [0.4, 0.5) is 0 Å². The number of carbonyl (C=O) groups excluding carboxylic acids is 1. The molecule has 1 amide bonds. The molecular formula is C26H33N5OS2. The van der Waals surface area contributed by atoms with E-state index in [1.54, 1.807) is 11.3 Å². The molecule has 0 aliphatic heterocycles. The molecular weight excluding hydrogens is 462 g/mol. The minimum Gasteiger partial charge on any atom is -0.342 e. The fourth-order valence-corrected chi connectivity index (χ4v) is 6.33. The minimum atomic E-state index is 0.154. The molecule has 8 heteroatoms. The van der Waals surface area contributed by atoms with Crippen LogP contribution in [0.3, 0.4) is 0 Å². The molecule has 0 bridgehead atoms. The van der Waals surface area contributed by atoms with Crippen LogP contribution in [-0.2, 0) is 11.8 Å². The molecule has 1 aromatic carbocycles. The van der Waals surface area contributed by atoms with Gasteiger partial charge in [0.1, 0.15) is 0 Å². The molecule has 0 atom stereocenters. The Balaban J connectivity index is 1.78. The number of aryl methyl sites for hydroxylation is 4. The van der Waals surface area contributed by atoms with Crippen LogP contribution in [0, 0.1) is 20.8 Å². The van der Waals surface area contributed by atoms with Gasteiger partial charge >= 0.3 is 0 Å². The first-order chi connectivity index (χ1) is 16.3. The summed E-state index contributed by atoms with van der Waals surface area (Å²) in [5.74, 6) is 1.31. The molecule has 0 fully saturated rings. The molecule has 6 nitrogen and oxygen atoms in total. The minimum absolute atomic E-state index is 0.154. The van der Waals surface area contributed by atoms with Crippen molar-refractivity contribution in [1.82, 2.24) is 24.2 Å². The van der Waals surface area contributed by atoms with Crippen LogP contribution in [0.5, 0.6) is 0 Å². The third kappa shape index (κ3) is 4.66. The highest BCUT2D eigenvalue weighted by Gasteiger charge is 2.23. The van der Waals surface area contributed by atoms with Crippen molar-refractivity contribution in [2.45, 2.75) is 52.6 Å². The predicted molar refractivity (Wildman–Crippen MR) is 143 cm³/mol. The molecule has 0 saturated heterocycles. The van der Waals surface area contributed by atoms with Gasteiger partial charge in [0.2, 0.25) is 5.91 Å². The van der Waals surface area contributed by atoms with Crippen molar-refractivity contribution in [2.75, 3.05) is 18.8 Å². The summed E-state index contributed by atoms with van der Waals surface area (Å²) in [6.07, 6.45) is 1.92. The number of nitrogens with zero attached hydrogens (tertiary/aromatic N) is 5. The van der Waals surface area contributed by atoms with E-state index < -0.39 is 0 Å². The second-order valence-corrected chi connectivity index (χ2v) is 10.7. The Morgan fingerprint density at radius 2 is 1.74 bits per heavy atom. The maximum Gasteiger partial charge on any atom is 0.233 e. The van der Waals surface area contributed by atoms with Crippen molar-refractivity contribution >= 4 is 39.2 Å². The molecule has 0 aliphatic rings. The van der Waals surface area contributed by atoms with E-state index in [9.17, 15) is 4.79 Å². The van der Waals surface area contributed by atoms with Crippen LogP contribution in [-0.4, -0.2) is 49.0 Å². The highest BCUT2D eigenvalue weighted by molar-refractivity contribution is 7.99. The average Bonchev–Trinajstić information content (AvgIpc) is 3.48. The van der Waals surface area contributed by atoms with E-state index in [1.807, 2.05) is 4.90 Å². The topological polar surface area (TPSA) is 56.0 Å². The molecule has 180 valence electrons. The van der Waals surface area contributed by atoms with Gasteiger partial charge in [0.25, 0.3) is 0 Å². The van der Waals surface area contributed by atoms with Crippen LogP contribution < -0.4 is 0 Å². The van der Waals surface area contributed by atoms with Gasteiger partial charge in [-0.3, -0.25) is 9.36 Å². The Morgan fingerprint density at radius 3 is 2.35 bits per heavy atom. The lowest BCUT2D eigenvalue weighted by molar-refractivity contribution is -0.128. The third-order valence-electron chi connectivity index (χ3n) is 6.05. The van der Waals surface area contributed by atoms with Gasteiger partial charge in [-0.2, -0.15) is 0 Å². The molecule has 0 spiro atoms. The van der Waals surface area contributed by atoms with Crippen molar-refractivity contribution in [2.24, 2.45) is 7.05 Å². The van der Waals surface area contributed by atoms with Gasteiger partial charge in [-0.1, -0.05) is 43.3 Å². The summed E-state index contributed by atoms with van der Waals surface area (Å²) in [5, 5.41) is 12.1. The third-order valence-corrected chi connectivity index (χ3v) is 7.82. The number of fused-ring (bicyclic) bond motifs is 1. The first-order valence-corrected chi connectivity index (χ1v) is 13.7. The van der Waals surface area contributed by atoms with Crippen molar-refractivity contribution in [3.8, 4) is 17.2 Å². The van der Waals surface area contributed by atoms with Gasteiger partial charge in [-0.25, -0.2) is 0 Å². The standard InChI is InChI=1S/C26H33N5OS2/c1-7-10-30(11-8-2)23(32)16-34-26-28-27-25(21-15-22-20(29(21)6)9-12-33-22)31(26)24-18(4)13-17(3)14-19(24)5/h9,12-15H,7-8,10-11,16H2,1-6H3. The number of hydrogen-bond acceptors (Lipinski definition) is 5. The molecule has 3 aromatic heterocycles. The number of thioether (sulfide) groups is 1. The van der Waals surface area contributed by atoms with Crippen LogP contribution in [0.25, 0.3) is 27.4 Å². The lowest BCUT2D eigenvalue weighted by Gasteiger charge is -2.21. The Kier molecular flexibility index (Phi) is 7.48. The van der Waals surface area contributed by atoms with E-state index in [0.717, 1.165) is 48.3 Å². The Morgan fingerprint density at radius 1 is 1.06 bits per heavy atom. The first kappa shape index (κ1) is 24.5. The quantitative estimate of drug-likeness (QED) is 0.261. The number of amides is 1. The van der Waals surface area contributed by atoms with Crippen LogP contribution in [0.15, 0.2) is 34.8 Å². The summed E-state index contributed by atoms with van der Waals surface area (Å²) >= 11 is 3.20. The van der Waals surface area contributed by atoms with Crippen molar-refractivity contribution in [3.05, 3.63) is 46.3 Å². The molecule has 34 heavy (non-hydrogen) atoms. The fourth-order valence-electron chi connectivity index (χ4n) is 4.64. The summed E-state index contributed by atoms with van der Waals surface area (Å²) in [6.45, 7) is 12.2. The number of aromatic nitrogens is 4. The molecule has 0 unspecified atom stereocenters. The highest BCUT2D eigenvalue weighted by atomic mass is 32.2. The van der Waals surface area contributed by atoms with Crippen molar-refractivity contribution in [3.63, 3.8) is 0 Å². The normalized spacial score (nSPS) is 11.5. The molecule has 4 aromatic rings. The molecule has 0 N–H and O–H groups in total. The Hall–Kier alpha value is -2.58. The number of carbonyl (C=O) groups is 1. The van der Waals surface area contributed by atoms with Crippen molar-refractivity contribution < 1.29 is 4.79 Å². The summed E-state index contributed by atoms with van der Waals surface area (Å²) in [6, 6.07) is 8.71. The Bertz CT molecular complexity index is 1290. The summed E-state index contributed by atoms with van der Waals surface area (Å²) in [7, 11) is 2.07. The van der Waals surface area contributed by atoms with E-state index in [-0.39, 0.29) is 5.91 Å². The molecule has 3 heterocycles. The van der Waals surface area contributed by atoms with Gasteiger partial charge in [-0.05, 0) is 62.3 Å². The van der Waals surface area contributed by atoms with E-state index in [2.05, 4.69) is 90.6 Å². The number of thiophene rings is 1. The van der Waals surface area contributed by atoms with E-state index in [4.69, 9.17) is 0 Å². The van der Waals surface area contributed by atoms with Crippen molar-refractivity contribution in [1.29, 1.82) is 0 Å². The Labute approximate surface area is 210 Å².